The van der Waals surface area contributed by atoms with Gasteiger partial charge < -0.3 is 14.2 Å². The zero-order valence-corrected chi connectivity index (χ0v) is 16.2. The molecule has 2 aromatic carbocycles. The van der Waals surface area contributed by atoms with Crippen LogP contribution in [-0.2, 0) is 19.4 Å². The minimum absolute atomic E-state index is 0.248. The van der Waals surface area contributed by atoms with Gasteiger partial charge in [-0.3, -0.25) is 0 Å². The van der Waals surface area contributed by atoms with E-state index < -0.39 is 13.3 Å². The fourth-order valence-corrected chi connectivity index (χ4v) is 3.24. The molecular weight excluding hydrogens is 361 g/mol. The van der Waals surface area contributed by atoms with Crippen LogP contribution >= 0.6 is 19.3 Å². The highest BCUT2D eigenvalue weighted by molar-refractivity contribution is 7.50. The molecule has 2 atom stereocenters. The van der Waals surface area contributed by atoms with Crippen LogP contribution in [0.1, 0.15) is 18.1 Å². The largest absolute Gasteiger partial charge is 0.405 e. The Morgan fingerprint density at radius 2 is 1.68 bits per heavy atom. The second-order valence-corrected chi connectivity index (χ2v) is 8.27. The molecule has 0 fully saturated rings. The lowest BCUT2D eigenvalue weighted by atomic mass is 9.88. The van der Waals surface area contributed by atoms with E-state index in [1.54, 1.807) is 0 Å². The van der Waals surface area contributed by atoms with E-state index in [2.05, 4.69) is 4.52 Å². The standard InChI is InChI=1S/C18H23ClNO4P/c1-18(15-7-5-4-6-8-15,16-9-11-17(19)12-10-16)24-14-13-20(2)25(21,22)23-3/h4-12H,13-14H2,1-3H3,(H,21,22). The first-order valence-electron chi connectivity index (χ1n) is 7.85. The molecule has 25 heavy (non-hydrogen) atoms. The van der Waals surface area contributed by atoms with Gasteiger partial charge in [-0.15, -0.1) is 0 Å². The van der Waals surface area contributed by atoms with E-state index in [1.807, 2.05) is 61.5 Å². The van der Waals surface area contributed by atoms with Crippen molar-refractivity contribution in [2.45, 2.75) is 12.5 Å². The molecule has 2 rings (SSSR count). The van der Waals surface area contributed by atoms with Crippen LogP contribution in [0.4, 0.5) is 0 Å². The summed E-state index contributed by atoms with van der Waals surface area (Å²) in [5.74, 6) is 0. The second-order valence-electron chi connectivity index (χ2n) is 5.81. The number of ether oxygens (including phenoxy) is 1. The normalized spacial score (nSPS) is 16.4. The van der Waals surface area contributed by atoms with Gasteiger partial charge in [0.15, 0.2) is 0 Å². The number of rotatable bonds is 8. The molecule has 0 aliphatic heterocycles. The molecule has 0 bridgehead atoms. The van der Waals surface area contributed by atoms with Crippen LogP contribution in [0.3, 0.4) is 0 Å². The van der Waals surface area contributed by atoms with Gasteiger partial charge in [0.2, 0.25) is 0 Å². The van der Waals surface area contributed by atoms with Crippen LogP contribution in [0, 0.1) is 0 Å². The molecule has 0 amide bonds. The van der Waals surface area contributed by atoms with Gasteiger partial charge in [0, 0.05) is 18.7 Å². The van der Waals surface area contributed by atoms with E-state index in [9.17, 15) is 9.46 Å². The van der Waals surface area contributed by atoms with Gasteiger partial charge in [-0.25, -0.2) is 9.24 Å². The van der Waals surface area contributed by atoms with Crippen molar-refractivity contribution in [1.29, 1.82) is 0 Å². The Kier molecular flexibility index (Phi) is 6.80. The predicted molar refractivity (Wildman–Crippen MR) is 99.8 cm³/mol. The van der Waals surface area contributed by atoms with Gasteiger partial charge in [0.25, 0.3) is 0 Å². The first kappa shape index (κ1) is 20.1. The Bertz CT molecular complexity index is 726. The average Bonchev–Trinajstić information content (AvgIpc) is 2.62. The lowest BCUT2D eigenvalue weighted by molar-refractivity contribution is -0.00836. The minimum Gasteiger partial charge on any atom is -0.364 e. The second kappa shape index (κ2) is 8.45. The van der Waals surface area contributed by atoms with Crippen LogP contribution in [0.15, 0.2) is 54.6 Å². The van der Waals surface area contributed by atoms with E-state index in [1.165, 1.54) is 18.8 Å². The summed E-state index contributed by atoms with van der Waals surface area (Å²) in [5.41, 5.74) is 1.22. The third-order valence-electron chi connectivity index (χ3n) is 4.19. The summed E-state index contributed by atoms with van der Waals surface area (Å²) in [6.45, 7) is 2.47. The molecule has 2 unspecified atom stereocenters. The Morgan fingerprint density at radius 3 is 2.24 bits per heavy atom. The van der Waals surface area contributed by atoms with Crippen molar-refractivity contribution in [3.05, 3.63) is 70.7 Å². The molecule has 0 aliphatic carbocycles. The zero-order valence-electron chi connectivity index (χ0n) is 14.6. The maximum atomic E-state index is 11.8. The molecular formula is C18H23ClNO4P. The first-order chi connectivity index (χ1) is 11.8. The summed E-state index contributed by atoms with van der Waals surface area (Å²) in [5, 5.41) is 0.653. The van der Waals surface area contributed by atoms with Crippen LogP contribution in [0.2, 0.25) is 5.02 Å². The number of hydrogen-bond acceptors (Lipinski definition) is 3. The molecule has 5 nitrogen and oxygen atoms in total. The molecule has 0 radical (unpaired) electrons. The molecule has 2 aromatic rings. The van der Waals surface area contributed by atoms with Crippen molar-refractivity contribution < 1.29 is 18.7 Å². The number of hydrogen-bond donors (Lipinski definition) is 1. The summed E-state index contributed by atoms with van der Waals surface area (Å²) in [6, 6.07) is 17.3. The first-order valence-corrected chi connectivity index (χ1v) is 9.76. The Balaban J connectivity index is 2.22. The van der Waals surface area contributed by atoms with E-state index in [4.69, 9.17) is 16.3 Å². The van der Waals surface area contributed by atoms with E-state index in [-0.39, 0.29) is 13.2 Å². The molecule has 0 aliphatic rings. The van der Waals surface area contributed by atoms with Crippen molar-refractivity contribution in [3.8, 4) is 0 Å². The Labute approximate surface area is 153 Å². The summed E-state index contributed by atoms with van der Waals surface area (Å²) >= 11 is 6.00. The predicted octanol–water partition coefficient (Wildman–Crippen LogP) is 4.30. The molecule has 0 saturated carbocycles. The van der Waals surface area contributed by atoms with E-state index in [0.29, 0.717) is 5.02 Å². The lowest BCUT2D eigenvalue weighted by Gasteiger charge is -2.32. The smallest absolute Gasteiger partial charge is 0.364 e. The summed E-state index contributed by atoms with van der Waals surface area (Å²) in [4.78, 5) is 9.67. The molecule has 1 N–H and O–H groups in total. The fraction of sp³-hybridized carbons (Fsp3) is 0.333. The van der Waals surface area contributed by atoms with Crippen molar-refractivity contribution in [1.82, 2.24) is 4.67 Å². The van der Waals surface area contributed by atoms with Gasteiger partial charge in [-0.05, 0) is 37.2 Å². The Morgan fingerprint density at radius 1 is 1.12 bits per heavy atom. The molecule has 0 saturated heterocycles. The highest BCUT2D eigenvalue weighted by Gasteiger charge is 2.31. The molecule has 136 valence electrons. The number of benzene rings is 2. The third-order valence-corrected chi connectivity index (χ3v) is 5.99. The van der Waals surface area contributed by atoms with Crippen LogP contribution in [0.25, 0.3) is 0 Å². The van der Waals surface area contributed by atoms with Gasteiger partial charge in [0.1, 0.15) is 5.60 Å². The third kappa shape index (κ3) is 4.91. The molecule has 0 heterocycles. The lowest BCUT2D eigenvalue weighted by Crippen LogP contribution is -2.31. The van der Waals surface area contributed by atoms with E-state index in [0.717, 1.165) is 11.1 Å². The monoisotopic (exact) mass is 383 g/mol. The maximum absolute atomic E-state index is 11.8. The summed E-state index contributed by atoms with van der Waals surface area (Å²) in [6.07, 6.45) is 0. The number of likely N-dealkylation sites (N-methyl/N-ethyl adjacent to an activating group) is 1. The highest BCUT2D eigenvalue weighted by Crippen LogP contribution is 2.43. The molecule has 7 heteroatoms. The van der Waals surface area contributed by atoms with E-state index >= 15 is 0 Å². The zero-order chi connectivity index (χ0) is 18.5. The summed E-state index contributed by atoms with van der Waals surface area (Å²) < 4.78 is 23.9. The van der Waals surface area contributed by atoms with Gasteiger partial charge in [0.05, 0.1) is 6.61 Å². The van der Waals surface area contributed by atoms with Crippen LogP contribution in [0.5, 0.6) is 0 Å². The van der Waals surface area contributed by atoms with Gasteiger partial charge in [-0.2, -0.15) is 0 Å². The van der Waals surface area contributed by atoms with Crippen molar-refractivity contribution in [2.24, 2.45) is 0 Å². The van der Waals surface area contributed by atoms with Gasteiger partial charge in [-0.1, -0.05) is 54.1 Å². The average molecular weight is 384 g/mol. The molecule has 0 aromatic heterocycles. The van der Waals surface area contributed by atoms with Crippen LogP contribution < -0.4 is 0 Å². The maximum Gasteiger partial charge on any atom is 0.405 e. The van der Waals surface area contributed by atoms with Crippen molar-refractivity contribution in [3.63, 3.8) is 0 Å². The SMILES string of the molecule is COP(=O)(O)N(C)CCOC(C)(c1ccccc1)c1ccc(Cl)cc1. The number of nitrogens with zero attached hydrogens (tertiary/aromatic N) is 1. The van der Waals surface area contributed by atoms with Crippen LogP contribution in [-0.4, -0.2) is 36.9 Å². The van der Waals surface area contributed by atoms with Crippen molar-refractivity contribution >= 4 is 19.3 Å². The topological polar surface area (TPSA) is 59.0 Å². The summed E-state index contributed by atoms with van der Waals surface area (Å²) in [7, 11) is -1.03. The highest BCUT2D eigenvalue weighted by atomic mass is 35.5. The minimum atomic E-state index is -3.76. The van der Waals surface area contributed by atoms with Gasteiger partial charge >= 0.3 is 7.75 Å². The quantitative estimate of drug-likeness (QED) is 0.689. The number of halogens is 1. The molecule has 0 spiro atoms. The Hall–Kier alpha value is -1.20. The van der Waals surface area contributed by atoms with Crippen molar-refractivity contribution in [2.75, 3.05) is 27.3 Å². The fourth-order valence-electron chi connectivity index (χ4n) is 2.51.